The Bertz CT molecular complexity index is 386. The van der Waals surface area contributed by atoms with Crippen LogP contribution >= 0.6 is 0 Å². The van der Waals surface area contributed by atoms with Crippen molar-refractivity contribution in [2.45, 2.75) is 13.0 Å². The maximum absolute atomic E-state index is 11.8. The van der Waals surface area contributed by atoms with E-state index >= 15 is 0 Å². The lowest BCUT2D eigenvalue weighted by molar-refractivity contribution is -0.141. The standard InChI is InChI=1S/C11H14N2O3/c14-10(8-12-4-1-2-5-12)13-6-3-9(7-13)11(15)16/h1-2,4-5,9H,3,6-8H2,(H,15,16)/t9-/m1/s1. The van der Waals surface area contributed by atoms with Gasteiger partial charge < -0.3 is 14.6 Å². The average Bonchev–Trinajstić information content (AvgIpc) is 2.86. The summed E-state index contributed by atoms with van der Waals surface area (Å²) < 4.78 is 1.79. The van der Waals surface area contributed by atoms with Gasteiger partial charge in [-0.15, -0.1) is 0 Å². The number of carboxylic acids is 1. The van der Waals surface area contributed by atoms with Gasteiger partial charge in [-0.1, -0.05) is 0 Å². The van der Waals surface area contributed by atoms with Crippen molar-refractivity contribution in [2.24, 2.45) is 5.92 Å². The molecule has 5 nitrogen and oxygen atoms in total. The normalized spacial score (nSPS) is 20.0. The predicted octanol–water partition coefficient (Wildman–Crippen LogP) is 0.421. The number of rotatable bonds is 3. The molecule has 1 amide bonds. The van der Waals surface area contributed by atoms with Crippen LogP contribution in [0, 0.1) is 5.92 Å². The SMILES string of the molecule is O=C(O)[C@@H]1CCN(C(=O)Cn2cccc2)C1. The number of carboxylic acid groups (broad SMARTS) is 1. The maximum Gasteiger partial charge on any atom is 0.308 e. The zero-order chi connectivity index (χ0) is 11.5. The fraction of sp³-hybridized carbons (Fsp3) is 0.455. The third-order valence-electron chi connectivity index (χ3n) is 2.87. The van der Waals surface area contributed by atoms with Gasteiger partial charge in [0.1, 0.15) is 6.54 Å². The second-order valence-electron chi connectivity index (χ2n) is 4.02. The van der Waals surface area contributed by atoms with Gasteiger partial charge >= 0.3 is 5.97 Å². The molecule has 1 N–H and O–H groups in total. The maximum atomic E-state index is 11.8. The van der Waals surface area contributed by atoms with Gasteiger partial charge in [0.2, 0.25) is 5.91 Å². The van der Waals surface area contributed by atoms with Crippen molar-refractivity contribution in [3.05, 3.63) is 24.5 Å². The van der Waals surface area contributed by atoms with Crippen molar-refractivity contribution in [1.82, 2.24) is 9.47 Å². The van der Waals surface area contributed by atoms with Crippen molar-refractivity contribution in [2.75, 3.05) is 13.1 Å². The Morgan fingerprint density at radius 1 is 1.31 bits per heavy atom. The Balaban J connectivity index is 1.90. The number of carbonyl (C=O) groups is 2. The quantitative estimate of drug-likeness (QED) is 0.806. The minimum absolute atomic E-state index is 0.0139. The van der Waals surface area contributed by atoms with Gasteiger partial charge in [0.05, 0.1) is 5.92 Å². The summed E-state index contributed by atoms with van der Waals surface area (Å²) in [6.07, 6.45) is 4.21. The van der Waals surface area contributed by atoms with Crippen LogP contribution in [0.25, 0.3) is 0 Å². The smallest absolute Gasteiger partial charge is 0.308 e. The molecule has 1 fully saturated rings. The van der Waals surface area contributed by atoms with Crippen LogP contribution in [-0.2, 0) is 16.1 Å². The molecule has 2 rings (SSSR count). The Morgan fingerprint density at radius 3 is 2.56 bits per heavy atom. The number of hydrogen-bond donors (Lipinski definition) is 1. The first kappa shape index (κ1) is 10.7. The molecular formula is C11H14N2O3. The van der Waals surface area contributed by atoms with E-state index in [0.29, 0.717) is 26.1 Å². The van der Waals surface area contributed by atoms with E-state index in [0.717, 1.165) is 0 Å². The molecule has 0 saturated carbocycles. The van der Waals surface area contributed by atoms with Gasteiger partial charge in [-0.25, -0.2) is 0 Å². The molecule has 1 aromatic rings. The third kappa shape index (κ3) is 2.24. The van der Waals surface area contributed by atoms with Gasteiger partial charge in [0, 0.05) is 25.5 Å². The van der Waals surface area contributed by atoms with Crippen LogP contribution in [0.15, 0.2) is 24.5 Å². The zero-order valence-corrected chi connectivity index (χ0v) is 8.87. The minimum atomic E-state index is -0.809. The number of aromatic nitrogens is 1. The van der Waals surface area contributed by atoms with Crippen LogP contribution in [0.3, 0.4) is 0 Å². The highest BCUT2D eigenvalue weighted by atomic mass is 16.4. The van der Waals surface area contributed by atoms with Crippen molar-refractivity contribution in [3.8, 4) is 0 Å². The number of amides is 1. The first-order valence-corrected chi connectivity index (χ1v) is 5.28. The lowest BCUT2D eigenvalue weighted by Gasteiger charge is -2.15. The summed E-state index contributed by atoms with van der Waals surface area (Å²) in [6.45, 7) is 1.19. The summed E-state index contributed by atoms with van der Waals surface area (Å²) in [5.74, 6) is -1.22. The van der Waals surface area contributed by atoms with E-state index in [4.69, 9.17) is 5.11 Å². The molecule has 0 spiro atoms. The molecule has 0 aromatic carbocycles. The van der Waals surface area contributed by atoms with Crippen LogP contribution in [0.4, 0.5) is 0 Å². The van der Waals surface area contributed by atoms with Crippen LogP contribution in [-0.4, -0.2) is 39.5 Å². The molecule has 5 heteroatoms. The summed E-state index contributed by atoms with van der Waals surface area (Å²) in [5, 5.41) is 8.83. The van der Waals surface area contributed by atoms with Crippen molar-refractivity contribution >= 4 is 11.9 Å². The first-order valence-electron chi connectivity index (χ1n) is 5.28. The van der Waals surface area contributed by atoms with Crippen LogP contribution in [0.1, 0.15) is 6.42 Å². The highest BCUT2D eigenvalue weighted by molar-refractivity contribution is 5.78. The fourth-order valence-electron chi connectivity index (χ4n) is 1.92. The van der Waals surface area contributed by atoms with Gasteiger partial charge in [0.25, 0.3) is 0 Å². The molecule has 0 radical (unpaired) electrons. The number of nitrogens with zero attached hydrogens (tertiary/aromatic N) is 2. The number of carbonyl (C=O) groups excluding carboxylic acids is 1. The Kier molecular flexibility index (Phi) is 2.94. The van der Waals surface area contributed by atoms with E-state index in [1.165, 1.54) is 0 Å². The summed E-state index contributed by atoms with van der Waals surface area (Å²) in [4.78, 5) is 24.2. The van der Waals surface area contributed by atoms with Crippen LogP contribution in [0.5, 0.6) is 0 Å². The Morgan fingerprint density at radius 2 is 2.00 bits per heavy atom. The van der Waals surface area contributed by atoms with Gasteiger partial charge in [0.15, 0.2) is 0 Å². The summed E-state index contributed by atoms with van der Waals surface area (Å²) in [5.41, 5.74) is 0. The summed E-state index contributed by atoms with van der Waals surface area (Å²) in [7, 11) is 0. The van der Waals surface area contributed by atoms with E-state index in [2.05, 4.69) is 0 Å². The molecule has 0 unspecified atom stereocenters. The lowest BCUT2D eigenvalue weighted by Crippen LogP contribution is -2.32. The minimum Gasteiger partial charge on any atom is -0.481 e. The van der Waals surface area contributed by atoms with Gasteiger partial charge in [-0.2, -0.15) is 0 Å². The molecule has 1 atom stereocenters. The number of likely N-dealkylation sites (tertiary alicyclic amines) is 1. The molecule has 2 heterocycles. The molecule has 1 aliphatic rings. The van der Waals surface area contributed by atoms with E-state index < -0.39 is 11.9 Å². The highest BCUT2D eigenvalue weighted by Gasteiger charge is 2.30. The molecular weight excluding hydrogens is 208 g/mol. The molecule has 1 saturated heterocycles. The highest BCUT2D eigenvalue weighted by Crippen LogP contribution is 2.16. The fourth-order valence-corrected chi connectivity index (χ4v) is 1.92. The van der Waals surface area contributed by atoms with Crippen molar-refractivity contribution < 1.29 is 14.7 Å². The molecule has 16 heavy (non-hydrogen) atoms. The number of aliphatic carboxylic acids is 1. The predicted molar refractivity (Wildman–Crippen MR) is 56.8 cm³/mol. The summed E-state index contributed by atoms with van der Waals surface area (Å²) >= 11 is 0. The molecule has 1 aliphatic heterocycles. The Labute approximate surface area is 93.3 Å². The number of hydrogen-bond acceptors (Lipinski definition) is 2. The van der Waals surface area contributed by atoms with E-state index in [-0.39, 0.29) is 5.91 Å². The topological polar surface area (TPSA) is 62.5 Å². The van der Waals surface area contributed by atoms with Crippen molar-refractivity contribution in [1.29, 1.82) is 0 Å². The lowest BCUT2D eigenvalue weighted by atomic mass is 10.1. The van der Waals surface area contributed by atoms with E-state index in [1.807, 2.05) is 24.5 Å². The van der Waals surface area contributed by atoms with Gasteiger partial charge in [-0.3, -0.25) is 9.59 Å². The van der Waals surface area contributed by atoms with E-state index in [9.17, 15) is 9.59 Å². The second-order valence-corrected chi connectivity index (χ2v) is 4.02. The Hall–Kier alpha value is -1.78. The monoisotopic (exact) mass is 222 g/mol. The molecule has 1 aromatic heterocycles. The molecule has 0 bridgehead atoms. The van der Waals surface area contributed by atoms with E-state index in [1.54, 1.807) is 9.47 Å². The molecule has 0 aliphatic carbocycles. The second kappa shape index (κ2) is 4.38. The average molecular weight is 222 g/mol. The van der Waals surface area contributed by atoms with Gasteiger partial charge in [-0.05, 0) is 18.6 Å². The first-order chi connectivity index (χ1) is 7.66. The summed E-state index contributed by atoms with van der Waals surface area (Å²) in [6, 6.07) is 3.72. The zero-order valence-electron chi connectivity index (χ0n) is 8.87. The van der Waals surface area contributed by atoms with Crippen molar-refractivity contribution in [3.63, 3.8) is 0 Å². The van der Waals surface area contributed by atoms with Crippen LogP contribution < -0.4 is 0 Å². The van der Waals surface area contributed by atoms with Crippen LogP contribution in [0.2, 0.25) is 0 Å². The molecule has 86 valence electrons. The largest absolute Gasteiger partial charge is 0.481 e. The third-order valence-corrected chi connectivity index (χ3v) is 2.87.